The van der Waals surface area contributed by atoms with Crippen LogP contribution in [-0.2, 0) is 14.3 Å². The third-order valence-electron chi connectivity index (χ3n) is 2.83. The number of epoxide rings is 1. The van der Waals surface area contributed by atoms with Crippen LogP contribution >= 0.6 is 0 Å². The summed E-state index contributed by atoms with van der Waals surface area (Å²) in [5, 5.41) is 8.63. The highest BCUT2D eigenvalue weighted by Gasteiger charge is 2.24. The van der Waals surface area contributed by atoms with Crippen LogP contribution in [0.1, 0.15) is 24.2 Å². The molecule has 19 heavy (non-hydrogen) atoms. The number of carboxylic acid groups (broad SMARTS) is 1. The van der Waals surface area contributed by atoms with Crippen LogP contribution in [0.25, 0.3) is 6.08 Å². The Bertz CT molecular complexity index is 494. The predicted molar refractivity (Wildman–Crippen MR) is 67.2 cm³/mol. The summed E-state index contributed by atoms with van der Waals surface area (Å²) >= 11 is 0. The van der Waals surface area contributed by atoms with Crippen molar-refractivity contribution in [3.63, 3.8) is 0 Å². The van der Waals surface area contributed by atoms with Gasteiger partial charge in [0.15, 0.2) is 0 Å². The smallest absolute Gasteiger partial charge is 0.328 e. The zero-order chi connectivity index (χ0) is 13.8. The molecule has 0 saturated carbocycles. The van der Waals surface area contributed by atoms with E-state index in [1.54, 1.807) is 6.07 Å². The van der Waals surface area contributed by atoms with Crippen LogP contribution < -0.4 is 0 Å². The van der Waals surface area contributed by atoms with Gasteiger partial charge < -0.3 is 14.6 Å². The van der Waals surface area contributed by atoms with Crippen molar-refractivity contribution in [3.05, 3.63) is 41.2 Å². The van der Waals surface area contributed by atoms with E-state index >= 15 is 0 Å². The van der Waals surface area contributed by atoms with E-state index in [0.717, 1.165) is 11.6 Å². The van der Waals surface area contributed by atoms with Crippen LogP contribution in [0, 0.1) is 5.82 Å². The molecular formula is C14H15FO4. The lowest BCUT2D eigenvalue weighted by atomic mass is 10.0. The van der Waals surface area contributed by atoms with Gasteiger partial charge in [-0.15, -0.1) is 0 Å². The van der Waals surface area contributed by atoms with E-state index in [2.05, 4.69) is 0 Å². The summed E-state index contributed by atoms with van der Waals surface area (Å²) in [6.45, 7) is 3.04. The van der Waals surface area contributed by atoms with E-state index in [4.69, 9.17) is 14.6 Å². The molecule has 1 aromatic carbocycles. The van der Waals surface area contributed by atoms with Gasteiger partial charge in [0.05, 0.1) is 19.3 Å². The second-order valence-electron chi connectivity index (χ2n) is 4.38. The maximum Gasteiger partial charge on any atom is 0.328 e. The Labute approximate surface area is 110 Å². The average Bonchev–Trinajstić information content (AvgIpc) is 3.17. The van der Waals surface area contributed by atoms with Gasteiger partial charge in [0.1, 0.15) is 11.9 Å². The van der Waals surface area contributed by atoms with Crippen LogP contribution in [0.3, 0.4) is 0 Å². The van der Waals surface area contributed by atoms with E-state index in [1.807, 2.05) is 6.92 Å². The molecule has 0 radical (unpaired) electrons. The van der Waals surface area contributed by atoms with Gasteiger partial charge in [0, 0.05) is 6.08 Å². The maximum absolute atomic E-state index is 13.2. The molecule has 0 amide bonds. The van der Waals surface area contributed by atoms with Crippen molar-refractivity contribution in [3.8, 4) is 0 Å². The summed E-state index contributed by atoms with van der Waals surface area (Å²) < 4.78 is 23.9. The first kappa shape index (κ1) is 13.7. The molecule has 1 aliphatic rings. The summed E-state index contributed by atoms with van der Waals surface area (Å²) in [4.78, 5) is 10.5. The highest BCUT2D eigenvalue weighted by Crippen LogP contribution is 2.24. The Morgan fingerprint density at radius 2 is 2.42 bits per heavy atom. The molecule has 1 N–H and O–H groups in total. The average molecular weight is 266 g/mol. The largest absolute Gasteiger partial charge is 0.478 e. The van der Waals surface area contributed by atoms with E-state index in [9.17, 15) is 9.18 Å². The van der Waals surface area contributed by atoms with Crippen LogP contribution in [0.15, 0.2) is 24.3 Å². The lowest BCUT2D eigenvalue weighted by molar-refractivity contribution is -0.131. The molecule has 1 aromatic rings. The molecule has 1 saturated heterocycles. The lowest BCUT2D eigenvalue weighted by Crippen LogP contribution is -2.07. The van der Waals surface area contributed by atoms with Crippen LogP contribution in [0.2, 0.25) is 0 Å². The van der Waals surface area contributed by atoms with Gasteiger partial charge in [-0.3, -0.25) is 0 Å². The minimum Gasteiger partial charge on any atom is -0.478 e. The highest BCUT2D eigenvalue weighted by molar-refractivity contribution is 5.85. The van der Waals surface area contributed by atoms with E-state index in [0.29, 0.717) is 18.8 Å². The summed E-state index contributed by atoms with van der Waals surface area (Å²) in [6, 6.07) is 4.23. The molecule has 0 spiro atoms. The van der Waals surface area contributed by atoms with E-state index in [1.165, 1.54) is 18.2 Å². The Balaban J connectivity index is 2.14. The van der Waals surface area contributed by atoms with Crippen LogP contribution in [0.4, 0.5) is 4.39 Å². The van der Waals surface area contributed by atoms with Crippen molar-refractivity contribution in [2.75, 3.05) is 13.2 Å². The van der Waals surface area contributed by atoms with Crippen molar-refractivity contribution in [2.24, 2.45) is 0 Å². The van der Waals surface area contributed by atoms with Gasteiger partial charge >= 0.3 is 5.97 Å². The second-order valence-corrected chi connectivity index (χ2v) is 4.38. The van der Waals surface area contributed by atoms with E-state index in [-0.39, 0.29) is 12.2 Å². The highest BCUT2D eigenvalue weighted by atomic mass is 19.1. The summed E-state index contributed by atoms with van der Waals surface area (Å²) in [6.07, 6.45) is 2.25. The first-order valence-corrected chi connectivity index (χ1v) is 6.00. The number of aliphatic carboxylic acids is 1. The normalized spacial score (nSPS) is 19.6. The molecule has 1 aliphatic heterocycles. The number of carboxylic acids is 1. The van der Waals surface area contributed by atoms with Gasteiger partial charge in [0.2, 0.25) is 0 Å². The van der Waals surface area contributed by atoms with Crippen molar-refractivity contribution in [1.82, 2.24) is 0 Å². The third kappa shape index (κ3) is 4.15. The zero-order valence-corrected chi connectivity index (χ0v) is 10.5. The molecule has 102 valence electrons. The molecule has 0 aromatic heterocycles. The molecule has 0 aliphatic carbocycles. The number of benzene rings is 1. The minimum atomic E-state index is -1.07. The molecule has 0 bridgehead atoms. The SMILES string of the molecule is C[C@@H](OCC1CO1)c1ccc(F)cc1C=CC(=O)O. The first-order valence-electron chi connectivity index (χ1n) is 6.00. The van der Waals surface area contributed by atoms with Crippen LogP contribution in [-0.4, -0.2) is 30.4 Å². The van der Waals surface area contributed by atoms with Crippen molar-refractivity contribution in [2.45, 2.75) is 19.1 Å². The Morgan fingerprint density at radius 1 is 1.68 bits per heavy atom. The topological polar surface area (TPSA) is 59.1 Å². The summed E-state index contributed by atoms with van der Waals surface area (Å²) in [7, 11) is 0. The number of rotatable bonds is 6. The number of ether oxygens (including phenoxy) is 2. The van der Waals surface area contributed by atoms with Crippen LogP contribution in [0.5, 0.6) is 0 Å². The number of carbonyl (C=O) groups is 1. The van der Waals surface area contributed by atoms with Crippen molar-refractivity contribution < 1.29 is 23.8 Å². The maximum atomic E-state index is 13.2. The molecule has 5 heteroatoms. The van der Waals surface area contributed by atoms with E-state index < -0.39 is 11.8 Å². The van der Waals surface area contributed by atoms with Gasteiger partial charge in [-0.25, -0.2) is 9.18 Å². The molecule has 1 fully saturated rings. The summed E-state index contributed by atoms with van der Waals surface area (Å²) in [5.74, 6) is -1.48. The van der Waals surface area contributed by atoms with Gasteiger partial charge in [-0.2, -0.15) is 0 Å². The van der Waals surface area contributed by atoms with Gasteiger partial charge in [0.25, 0.3) is 0 Å². The predicted octanol–water partition coefficient (Wildman–Crippen LogP) is 2.40. The molecule has 2 rings (SSSR count). The second kappa shape index (κ2) is 5.95. The summed E-state index contributed by atoms with van der Waals surface area (Å²) in [5.41, 5.74) is 1.26. The Kier molecular flexibility index (Phi) is 4.29. The molecular weight excluding hydrogens is 251 g/mol. The number of hydrogen-bond acceptors (Lipinski definition) is 3. The molecule has 1 unspecified atom stereocenters. The fourth-order valence-corrected chi connectivity index (χ4v) is 1.73. The molecule has 1 heterocycles. The van der Waals surface area contributed by atoms with Gasteiger partial charge in [-0.05, 0) is 36.3 Å². The number of halogens is 1. The fourth-order valence-electron chi connectivity index (χ4n) is 1.73. The Hall–Kier alpha value is -1.72. The first-order chi connectivity index (χ1) is 9.06. The molecule has 4 nitrogen and oxygen atoms in total. The fraction of sp³-hybridized carbons (Fsp3) is 0.357. The monoisotopic (exact) mass is 266 g/mol. The van der Waals surface area contributed by atoms with Crippen molar-refractivity contribution in [1.29, 1.82) is 0 Å². The Morgan fingerprint density at radius 3 is 3.05 bits per heavy atom. The number of hydrogen-bond donors (Lipinski definition) is 1. The standard InChI is InChI=1S/C14H15FO4/c1-9(18-7-12-8-19-12)13-4-3-11(15)6-10(13)2-5-14(16)17/h2-6,9,12H,7-8H2,1H3,(H,16,17)/t9-,12?/m1/s1. The minimum absolute atomic E-state index is 0.154. The quantitative estimate of drug-likeness (QED) is 0.634. The third-order valence-corrected chi connectivity index (χ3v) is 2.83. The van der Waals surface area contributed by atoms with Gasteiger partial charge in [-0.1, -0.05) is 6.07 Å². The molecule has 2 atom stereocenters. The zero-order valence-electron chi connectivity index (χ0n) is 10.5. The van der Waals surface area contributed by atoms with Crippen molar-refractivity contribution >= 4 is 12.0 Å². The lowest BCUT2D eigenvalue weighted by Gasteiger charge is -2.15.